The maximum Gasteiger partial charge on any atom is 0.407 e. The molecule has 26 heavy (non-hydrogen) atoms. The first kappa shape index (κ1) is 18.7. The summed E-state index contributed by atoms with van der Waals surface area (Å²) in [6, 6.07) is -0.317. The Labute approximate surface area is 154 Å². The third-order valence-corrected chi connectivity index (χ3v) is 6.01. The highest BCUT2D eigenvalue weighted by atomic mass is 16.5. The predicted octanol–water partition coefficient (Wildman–Crippen LogP) is 2.12. The molecule has 1 heterocycles. The molecule has 144 valence electrons. The van der Waals surface area contributed by atoms with E-state index in [1.54, 1.807) is 6.92 Å². The van der Waals surface area contributed by atoms with E-state index in [0.717, 1.165) is 12.8 Å². The van der Waals surface area contributed by atoms with E-state index in [9.17, 15) is 19.5 Å². The number of hydrogen-bond acceptors (Lipinski definition) is 4. The Kier molecular flexibility index (Phi) is 4.53. The van der Waals surface area contributed by atoms with Gasteiger partial charge in [-0.15, -0.1) is 0 Å². The molecule has 7 heteroatoms. The van der Waals surface area contributed by atoms with Gasteiger partial charge in [0.25, 0.3) is 0 Å². The molecule has 3 fully saturated rings. The number of nitrogens with zero attached hydrogens (tertiary/aromatic N) is 2. The average Bonchev–Trinajstić information content (AvgIpc) is 3.12. The zero-order valence-electron chi connectivity index (χ0n) is 15.9. The van der Waals surface area contributed by atoms with Crippen molar-refractivity contribution in [2.75, 3.05) is 13.2 Å². The van der Waals surface area contributed by atoms with E-state index in [2.05, 4.69) is 6.58 Å². The molecule has 3 aliphatic rings. The first-order valence-electron chi connectivity index (χ1n) is 9.19. The van der Waals surface area contributed by atoms with Gasteiger partial charge in [-0.25, -0.2) is 9.59 Å². The lowest BCUT2D eigenvalue weighted by atomic mass is 9.85. The quantitative estimate of drug-likeness (QED) is 0.596. The molecular formula is C19H28N2O5. The van der Waals surface area contributed by atoms with Crippen LogP contribution in [0.3, 0.4) is 0 Å². The number of rotatable bonds is 5. The summed E-state index contributed by atoms with van der Waals surface area (Å²) < 4.78 is 5.09. The van der Waals surface area contributed by atoms with Gasteiger partial charge in [0.2, 0.25) is 5.91 Å². The summed E-state index contributed by atoms with van der Waals surface area (Å²) in [6.07, 6.45) is 0.624. The van der Waals surface area contributed by atoms with E-state index in [1.165, 1.54) is 4.90 Å². The van der Waals surface area contributed by atoms with Crippen molar-refractivity contribution >= 4 is 18.0 Å². The molecule has 0 aromatic carbocycles. The summed E-state index contributed by atoms with van der Waals surface area (Å²) in [5, 5.41) is 9.78. The molecule has 2 saturated carbocycles. The van der Waals surface area contributed by atoms with Crippen LogP contribution < -0.4 is 0 Å². The highest BCUT2D eigenvalue weighted by Crippen LogP contribution is 2.58. The molecule has 1 N–H and O–H groups in total. The lowest BCUT2D eigenvalue weighted by Gasteiger charge is -2.43. The van der Waals surface area contributed by atoms with Crippen LogP contribution in [0.4, 0.5) is 4.79 Å². The standard InChI is InChI=1S/C19H28N2O5/c1-10(2)17(23)26-7-6-20(18(24)25)14-11-8-12-13(9-11)16(22)21(15(12)14)19(3,4)5/h11-15H,1,6-9H2,2-5H3,(H,24,25). The largest absolute Gasteiger partial charge is 0.465 e. The zero-order valence-corrected chi connectivity index (χ0v) is 15.9. The predicted molar refractivity (Wildman–Crippen MR) is 94.4 cm³/mol. The van der Waals surface area contributed by atoms with Crippen molar-refractivity contribution in [3.63, 3.8) is 0 Å². The second-order valence-electron chi connectivity index (χ2n) is 8.75. The van der Waals surface area contributed by atoms with Crippen molar-refractivity contribution in [3.8, 4) is 0 Å². The van der Waals surface area contributed by atoms with Crippen LogP contribution in [-0.2, 0) is 14.3 Å². The number of carbonyl (C=O) groups excluding carboxylic acids is 2. The molecule has 7 nitrogen and oxygen atoms in total. The Hall–Kier alpha value is -2.05. The molecule has 1 saturated heterocycles. The van der Waals surface area contributed by atoms with Crippen molar-refractivity contribution in [2.45, 2.75) is 58.2 Å². The number of amides is 2. The fourth-order valence-corrected chi connectivity index (χ4v) is 5.20. The second-order valence-corrected chi connectivity index (χ2v) is 8.75. The van der Waals surface area contributed by atoms with Crippen molar-refractivity contribution in [3.05, 3.63) is 12.2 Å². The van der Waals surface area contributed by atoms with E-state index < -0.39 is 12.1 Å². The van der Waals surface area contributed by atoms with Gasteiger partial charge in [0.05, 0.1) is 18.6 Å². The van der Waals surface area contributed by atoms with E-state index in [0.29, 0.717) is 0 Å². The minimum Gasteiger partial charge on any atom is -0.465 e. The number of fused-ring (bicyclic) bond motifs is 1. The SMILES string of the molecule is C=C(C)C(=O)OCCN(C(=O)O)C1C2CC3C(=O)N(C(C)(C)C)C1C3C2. The summed E-state index contributed by atoms with van der Waals surface area (Å²) in [5.41, 5.74) is -0.0574. The molecule has 2 bridgehead atoms. The van der Waals surface area contributed by atoms with Gasteiger partial charge in [0.15, 0.2) is 0 Å². The van der Waals surface area contributed by atoms with Crippen LogP contribution in [0.5, 0.6) is 0 Å². The maximum atomic E-state index is 12.9. The van der Waals surface area contributed by atoms with Gasteiger partial charge >= 0.3 is 12.1 Å². The Morgan fingerprint density at radius 2 is 2.00 bits per heavy atom. The summed E-state index contributed by atoms with van der Waals surface area (Å²) in [4.78, 5) is 39.7. The molecule has 0 aromatic rings. The molecule has 2 amide bonds. The van der Waals surface area contributed by atoms with Crippen LogP contribution in [-0.4, -0.2) is 63.7 Å². The average molecular weight is 364 g/mol. The fourth-order valence-electron chi connectivity index (χ4n) is 5.20. The number of carbonyl (C=O) groups is 3. The van der Waals surface area contributed by atoms with E-state index in [1.807, 2.05) is 25.7 Å². The van der Waals surface area contributed by atoms with Crippen molar-refractivity contribution in [2.24, 2.45) is 17.8 Å². The summed E-state index contributed by atoms with van der Waals surface area (Å²) in [5.74, 6) is 0.111. The van der Waals surface area contributed by atoms with Crippen molar-refractivity contribution < 1.29 is 24.2 Å². The smallest absolute Gasteiger partial charge is 0.407 e. The Balaban J connectivity index is 1.79. The molecule has 1 aliphatic heterocycles. The minimum atomic E-state index is -1.03. The van der Waals surface area contributed by atoms with Gasteiger partial charge < -0.3 is 14.7 Å². The topological polar surface area (TPSA) is 87.1 Å². The number of carboxylic acid groups (broad SMARTS) is 1. The molecule has 5 unspecified atom stereocenters. The minimum absolute atomic E-state index is 0.00844. The molecule has 5 atom stereocenters. The van der Waals surface area contributed by atoms with Crippen molar-refractivity contribution in [1.29, 1.82) is 0 Å². The maximum absolute atomic E-state index is 12.9. The number of ether oxygens (including phenoxy) is 1. The molecule has 0 aromatic heterocycles. The van der Waals surface area contributed by atoms with Gasteiger partial charge in [-0.3, -0.25) is 9.69 Å². The van der Waals surface area contributed by atoms with Gasteiger partial charge in [-0.1, -0.05) is 6.58 Å². The van der Waals surface area contributed by atoms with Crippen LogP contribution in [0.15, 0.2) is 12.2 Å². The first-order valence-corrected chi connectivity index (χ1v) is 9.19. The summed E-state index contributed by atoms with van der Waals surface area (Å²) >= 11 is 0. The van der Waals surface area contributed by atoms with Crippen LogP contribution in [0.1, 0.15) is 40.5 Å². The molecule has 0 spiro atoms. The lowest BCUT2D eigenvalue weighted by molar-refractivity contribution is -0.139. The Bertz CT molecular complexity index is 653. The highest BCUT2D eigenvalue weighted by Gasteiger charge is 2.66. The van der Waals surface area contributed by atoms with E-state index in [-0.39, 0.29) is 60.0 Å². The third kappa shape index (κ3) is 2.87. The Morgan fingerprint density at radius 3 is 2.54 bits per heavy atom. The van der Waals surface area contributed by atoms with Gasteiger partial charge in [-0.05, 0) is 52.4 Å². The monoisotopic (exact) mass is 364 g/mol. The number of likely N-dealkylation sites (tertiary alicyclic amines) is 1. The van der Waals surface area contributed by atoms with Crippen LogP contribution in [0, 0.1) is 17.8 Å². The third-order valence-electron chi connectivity index (χ3n) is 6.01. The summed E-state index contributed by atoms with van der Waals surface area (Å²) in [6.45, 7) is 11.2. The Morgan fingerprint density at radius 1 is 1.35 bits per heavy atom. The molecule has 2 aliphatic carbocycles. The van der Waals surface area contributed by atoms with E-state index >= 15 is 0 Å². The van der Waals surface area contributed by atoms with Crippen LogP contribution in [0.2, 0.25) is 0 Å². The van der Waals surface area contributed by atoms with Gasteiger partial charge in [-0.2, -0.15) is 0 Å². The van der Waals surface area contributed by atoms with E-state index in [4.69, 9.17) is 4.74 Å². The van der Waals surface area contributed by atoms with Crippen molar-refractivity contribution in [1.82, 2.24) is 9.80 Å². The highest BCUT2D eigenvalue weighted by molar-refractivity contribution is 5.87. The second kappa shape index (κ2) is 6.28. The molecule has 0 radical (unpaired) electrons. The van der Waals surface area contributed by atoms with Gasteiger partial charge in [0.1, 0.15) is 6.61 Å². The normalized spacial score (nSPS) is 32.1. The molecular weight excluding hydrogens is 336 g/mol. The fraction of sp³-hybridized carbons (Fsp3) is 0.737. The van der Waals surface area contributed by atoms with Crippen LogP contribution in [0.25, 0.3) is 0 Å². The molecule has 3 rings (SSSR count). The number of esters is 1. The van der Waals surface area contributed by atoms with Gasteiger partial charge in [0, 0.05) is 17.0 Å². The summed E-state index contributed by atoms with van der Waals surface area (Å²) in [7, 11) is 0. The zero-order chi connectivity index (χ0) is 19.4. The first-order chi connectivity index (χ1) is 12.0. The van der Waals surface area contributed by atoms with Crippen LogP contribution >= 0.6 is 0 Å². The number of hydrogen-bond donors (Lipinski definition) is 1. The lowest BCUT2D eigenvalue weighted by Crippen LogP contribution is -2.58.